The van der Waals surface area contributed by atoms with Crippen LogP contribution >= 0.6 is 0 Å². The van der Waals surface area contributed by atoms with Gasteiger partial charge in [-0.15, -0.1) is 0 Å². The molecule has 1 aliphatic rings. The van der Waals surface area contributed by atoms with Gasteiger partial charge in [-0.2, -0.15) is 0 Å². The van der Waals surface area contributed by atoms with Crippen molar-refractivity contribution in [2.24, 2.45) is 0 Å². The summed E-state index contributed by atoms with van der Waals surface area (Å²) in [6.45, 7) is 0. The minimum absolute atomic E-state index is 1.10. The molecule has 164 valence electrons. The normalized spacial score (nSPS) is 11.9. The summed E-state index contributed by atoms with van der Waals surface area (Å²) in [7, 11) is 0. The molecule has 1 aliphatic carbocycles. The second kappa shape index (κ2) is 8.11. The van der Waals surface area contributed by atoms with E-state index in [0.717, 1.165) is 6.42 Å². The molecule has 0 heterocycles. The van der Waals surface area contributed by atoms with E-state index in [4.69, 9.17) is 0 Å². The molecule has 0 spiro atoms. The molecule has 0 fully saturated rings. The van der Waals surface area contributed by atoms with Crippen molar-refractivity contribution < 1.29 is 0 Å². The highest BCUT2D eigenvalue weighted by Gasteiger charge is 2.15. The second-order valence-electron chi connectivity index (χ2n) is 9.44. The van der Waals surface area contributed by atoms with Crippen molar-refractivity contribution in [3.05, 3.63) is 145 Å². The highest BCUT2D eigenvalue weighted by molar-refractivity contribution is 6.08. The van der Waals surface area contributed by atoms with E-state index in [1.165, 1.54) is 65.3 Å². The van der Waals surface area contributed by atoms with Gasteiger partial charge in [0.1, 0.15) is 0 Å². The molecular weight excluding hydrogens is 420 g/mol. The zero-order valence-electron chi connectivity index (χ0n) is 19.4. The lowest BCUT2D eigenvalue weighted by Crippen LogP contribution is -1.80. The predicted octanol–water partition coefficient (Wildman–Crippen LogP) is 9.56. The molecule has 0 aromatic heterocycles. The van der Waals surface area contributed by atoms with E-state index in [2.05, 4.69) is 133 Å². The van der Waals surface area contributed by atoms with Crippen LogP contribution in [0.15, 0.2) is 133 Å². The standard InChI is InChI=1S/C22H14.C13H10/c1-2-6-16-10-20-14-22-12-18-8-4-3-7-17(18)11-21(22)13-19(20)9-15(16)5-1;1-3-7-12-10(5-1)9-11-6-2-4-8-13(11)12/h1-14H;1-8H,9H2. The molecule has 0 unspecified atom stereocenters. The molecule has 0 N–H and O–H groups in total. The summed E-state index contributed by atoms with van der Waals surface area (Å²) in [6, 6.07) is 48.2. The summed E-state index contributed by atoms with van der Waals surface area (Å²) in [5.74, 6) is 0. The monoisotopic (exact) mass is 444 g/mol. The quantitative estimate of drug-likeness (QED) is 0.204. The summed E-state index contributed by atoms with van der Waals surface area (Å²) in [6.07, 6.45) is 1.10. The Morgan fingerprint density at radius 1 is 0.286 bits per heavy atom. The first-order valence-electron chi connectivity index (χ1n) is 12.2. The van der Waals surface area contributed by atoms with E-state index in [-0.39, 0.29) is 0 Å². The van der Waals surface area contributed by atoms with Crippen molar-refractivity contribution in [3.8, 4) is 11.1 Å². The third-order valence-electron chi connectivity index (χ3n) is 7.23. The van der Waals surface area contributed by atoms with Crippen LogP contribution < -0.4 is 0 Å². The van der Waals surface area contributed by atoms with Crippen LogP contribution in [0.2, 0.25) is 0 Å². The molecular formula is C35H24. The Balaban J connectivity index is 0.000000137. The van der Waals surface area contributed by atoms with E-state index in [1.54, 1.807) is 0 Å². The average molecular weight is 445 g/mol. The van der Waals surface area contributed by atoms with E-state index in [0.29, 0.717) is 0 Å². The van der Waals surface area contributed by atoms with Crippen LogP contribution in [0.3, 0.4) is 0 Å². The summed E-state index contributed by atoms with van der Waals surface area (Å²) in [4.78, 5) is 0. The molecule has 0 amide bonds. The summed E-state index contributed by atoms with van der Waals surface area (Å²) in [5.41, 5.74) is 5.75. The Bertz CT molecular complexity index is 1650. The van der Waals surface area contributed by atoms with Crippen molar-refractivity contribution in [2.75, 3.05) is 0 Å². The average Bonchev–Trinajstić information content (AvgIpc) is 3.29. The molecule has 8 rings (SSSR count). The van der Waals surface area contributed by atoms with Crippen molar-refractivity contribution >= 4 is 43.1 Å². The van der Waals surface area contributed by atoms with Crippen LogP contribution in [0.5, 0.6) is 0 Å². The van der Waals surface area contributed by atoms with Gasteiger partial charge in [-0.3, -0.25) is 0 Å². The summed E-state index contributed by atoms with van der Waals surface area (Å²) >= 11 is 0. The Morgan fingerprint density at radius 2 is 0.571 bits per heavy atom. The van der Waals surface area contributed by atoms with E-state index < -0.39 is 0 Å². The molecule has 7 aromatic rings. The van der Waals surface area contributed by atoms with Gasteiger partial charge < -0.3 is 0 Å². The van der Waals surface area contributed by atoms with Crippen LogP contribution in [0.1, 0.15) is 11.1 Å². The first kappa shape index (κ1) is 20.0. The second-order valence-corrected chi connectivity index (χ2v) is 9.44. The molecule has 0 atom stereocenters. The van der Waals surface area contributed by atoms with Gasteiger partial charge in [-0.1, -0.05) is 97.1 Å². The van der Waals surface area contributed by atoms with Crippen LogP contribution in [-0.4, -0.2) is 0 Å². The largest absolute Gasteiger partial charge is 0.0619 e. The fourth-order valence-electron chi connectivity index (χ4n) is 5.47. The number of rotatable bonds is 0. The zero-order chi connectivity index (χ0) is 23.2. The van der Waals surface area contributed by atoms with Crippen LogP contribution in [0.4, 0.5) is 0 Å². The first-order chi connectivity index (χ1) is 17.3. The molecule has 0 aliphatic heterocycles. The maximum atomic E-state index is 2.31. The van der Waals surface area contributed by atoms with Gasteiger partial charge in [0.25, 0.3) is 0 Å². The number of fused-ring (bicyclic) bond motifs is 7. The fraction of sp³-hybridized carbons (Fsp3) is 0.0286. The van der Waals surface area contributed by atoms with E-state index >= 15 is 0 Å². The molecule has 0 saturated heterocycles. The van der Waals surface area contributed by atoms with Gasteiger partial charge in [0, 0.05) is 0 Å². The molecule has 0 heteroatoms. The SMILES string of the molecule is c1ccc2c(c1)Cc1ccccc1-2.c1ccc2cc3cc4cc5ccccc5cc4cc3cc2c1. The predicted molar refractivity (Wildman–Crippen MR) is 151 cm³/mol. The Kier molecular flexibility index (Phi) is 4.63. The maximum Gasteiger partial charge on any atom is -0.00135 e. The minimum Gasteiger partial charge on any atom is -0.0619 e. The molecule has 0 bridgehead atoms. The molecule has 0 nitrogen and oxygen atoms in total. The number of hydrogen-bond acceptors (Lipinski definition) is 0. The third-order valence-corrected chi connectivity index (χ3v) is 7.23. The fourth-order valence-corrected chi connectivity index (χ4v) is 5.47. The molecule has 7 aromatic carbocycles. The van der Waals surface area contributed by atoms with E-state index in [9.17, 15) is 0 Å². The molecule has 0 radical (unpaired) electrons. The lowest BCUT2D eigenvalue weighted by atomic mass is 9.97. The van der Waals surface area contributed by atoms with Gasteiger partial charge >= 0.3 is 0 Å². The highest BCUT2D eigenvalue weighted by atomic mass is 14.2. The Labute approximate surface area is 205 Å². The maximum absolute atomic E-state index is 2.31. The molecule has 0 saturated carbocycles. The van der Waals surface area contributed by atoms with Crippen molar-refractivity contribution in [1.82, 2.24) is 0 Å². The smallest absolute Gasteiger partial charge is 0.00135 e. The zero-order valence-corrected chi connectivity index (χ0v) is 19.4. The van der Waals surface area contributed by atoms with Gasteiger partial charge in [-0.05, 0) is 108 Å². The first-order valence-corrected chi connectivity index (χ1v) is 12.2. The lowest BCUT2D eigenvalue weighted by Gasteiger charge is -2.07. The third kappa shape index (κ3) is 3.55. The van der Waals surface area contributed by atoms with Crippen molar-refractivity contribution in [3.63, 3.8) is 0 Å². The summed E-state index contributed by atoms with van der Waals surface area (Å²) in [5, 5.41) is 10.4. The number of benzene rings is 7. The topological polar surface area (TPSA) is 0 Å². The van der Waals surface area contributed by atoms with Gasteiger partial charge in [0.15, 0.2) is 0 Å². The van der Waals surface area contributed by atoms with Crippen LogP contribution in [-0.2, 0) is 6.42 Å². The van der Waals surface area contributed by atoms with E-state index in [1.807, 2.05) is 0 Å². The van der Waals surface area contributed by atoms with Crippen molar-refractivity contribution in [1.29, 1.82) is 0 Å². The molecule has 35 heavy (non-hydrogen) atoms. The van der Waals surface area contributed by atoms with Gasteiger partial charge in [0.2, 0.25) is 0 Å². The lowest BCUT2D eigenvalue weighted by molar-refractivity contribution is 1.26. The Hall–Kier alpha value is -4.42. The van der Waals surface area contributed by atoms with Gasteiger partial charge in [0.05, 0.1) is 0 Å². The highest BCUT2D eigenvalue weighted by Crippen LogP contribution is 2.35. The van der Waals surface area contributed by atoms with Crippen LogP contribution in [0.25, 0.3) is 54.2 Å². The van der Waals surface area contributed by atoms with Crippen LogP contribution in [0, 0.1) is 0 Å². The number of hydrogen-bond donors (Lipinski definition) is 0. The summed E-state index contributed by atoms with van der Waals surface area (Å²) < 4.78 is 0. The van der Waals surface area contributed by atoms with Crippen molar-refractivity contribution in [2.45, 2.75) is 6.42 Å². The Morgan fingerprint density at radius 3 is 0.943 bits per heavy atom. The minimum atomic E-state index is 1.10. The van der Waals surface area contributed by atoms with Gasteiger partial charge in [-0.25, -0.2) is 0 Å².